The van der Waals surface area contributed by atoms with Gasteiger partial charge >= 0.3 is 0 Å². The first-order valence-corrected chi connectivity index (χ1v) is 8.76. The molecule has 3 aromatic rings. The van der Waals surface area contributed by atoms with Gasteiger partial charge in [-0.15, -0.1) is 0 Å². The van der Waals surface area contributed by atoms with Gasteiger partial charge in [-0.05, 0) is 37.1 Å². The van der Waals surface area contributed by atoms with Gasteiger partial charge in [0.25, 0.3) is 11.8 Å². The molecule has 4 rings (SSSR count). The topological polar surface area (TPSA) is 71.1 Å². The van der Waals surface area contributed by atoms with Gasteiger partial charge in [0.1, 0.15) is 5.15 Å². The Kier molecular flexibility index (Phi) is 4.31. The quantitative estimate of drug-likeness (QED) is 0.685. The Balaban J connectivity index is 1.66. The summed E-state index contributed by atoms with van der Waals surface area (Å²) in [5.74, 6) is -0.516. The van der Waals surface area contributed by atoms with Gasteiger partial charge in [0.2, 0.25) is 0 Å². The van der Waals surface area contributed by atoms with Crippen LogP contribution in [0.3, 0.4) is 0 Å². The Hall–Kier alpha value is -2.92. The van der Waals surface area contributed by atoms with Crippen molar-refractivity contribution in [2.75, 3.05) is 5.32 Å². The molecule has 0 unspecified atom stereocenters. The Bertz CT molecular complexity index is 1010. The Morgan fingerprint density at radius 1 is 0.962 bits per heavy atom. The van der Waals surface area contributed by atoms with Crippen molar-refractivity contribution in [2.45, 2.75) is 18.9 Å². The fraction of sp³-hybridized carbons (Fsp3) is 0.150. The minimum atomic E-state index is -0.336. The van der Waals surface area contributed by atoms with E-state index < -0.39 is 0 Å². The first-order chi connectivity index (χ1) is 12.6. The van der Waals surface area contributed by atoms with Crippen molar-refractivity contribution in [1.82, 2.24) is 10.3 Å². The fourth-order valence-electron chi connectivity index (χ4n) is 2.80. The van der Waals surface area contributed by atoms with Gasteiger partial charge in [-0.3, -0.25) is 9.59 Å². The number of pyridine rings is 1. The van der Waals surface area contributed by atoms with Gasteiger partial charge in [-0.2, -0.15) is 0 Å². The molecule has 2 N–H and O–H groups in total. The average Bonchev–Trinajstić information content (AvgIpc) is 3.45. The van der Waals surface area contributed by atoms with Crippen LogP contribution in [0.25, 0.3) is 10.9 Å². The van der Waals surface area contributed by atoms with Crippen LogP contribution in [0, 0.1) is 0 Å². The van der Waals surface area contributed by atoms with Crippen LogP contribution in [0.5, 0.6) is 0 Å². The van der Waals surface area contributed by atoms with Crippen LogP contribution in [-0.4, -0.2) is 22.8 Å². The normalized spacial score (nSPS) is 13.4. The van der Waals surface area contributed by atoms with Crippen LogP contribution in [0.4, 0.5) is 5.69 Å². The number of rotatable bonds is 4. The van der Waals surface area contributed by atoms with Crippen LogP contribution in [0.1, 0.15) is 33.6 Å². The molecule has 130 valence electrons. The maximum absolute atomic E-state index is 12.9. The maximum atomic E-state index is 12.9. The standard InChI is InChI=1S/C20H16ClN3O2/c21-18-11-15(13-5-1-3-7-16(13)23-18)20(26)24-17-8-4-2-6-14(17)19(25)22-12-9-10-12/h1-8,11-12H,9-10H2,(H,22,25)(H,24,26). The highest BCUT2D eigenvalue weighted by Gasteiger charge is 2.25. The molecular formula is C20H16ClN3O2. The molecule has 1 aliphatic carbocycles. The highest BCUT2D eigenvalue weighted by atomic mass is 35.5. The number of nitrogens with zero attached hydrogens (tertiary/aromatic N) is 1. The van der Waals surface area contributed by atoms with Crippen molar-refractivity contribution in [3.63, 3.8) is 0 Å². The highest BCUT2D eigenvalue weighted by Crippen LogP contribution is 2.24. The fourth-order valence-corrected chi connectivity index (χ4v) is 3.00. The number of para-hydroxylation sites is 2. The van der Waals surface area contributed by atoms with Crippen molar-refractivity contribution in [3.8, 4) is 0 Å². The monoisotopic (exact) mass is 365 g/mol. The van der Waals surface area contributed by atoms with E-state index in [9.17, 15) is 9.59 Å². The van der Waals surface area contributed by atoms with Gasteiger partial charge in [0.05, 0.1) is 22.3 Å². The molecule has 0 radical (unpaired) electrons. The number of nitrogens with one attached hydrogen (secondary N) is 2. The van der Waals surface area contributed by atoms with Crippen LogP contribution in [0.15, 0.2) is 54.6 Å². The predicted molar refractivity (Wildman–Crippen MR) is 102 cm³/mol. The molecule has 2 aromatic carbocycles. The van der Waals surface area contributed by atoms with Crippen molar-refractivity contribution in [3.05, 3.63) is 70.9 Å². The number of fused-ring (bicyclic) bond motifs is 1. The summed E-state index contributed by atoms with van der Waals surface area (Å²) in [4.78, 5) is 29.5. The molecule has 2 amide bonds. The number of amides is 2. The molecule has 26 heavy (non-hydrogen) atoms. The maximum Gasteiger partial charge on any atom is 0.256 e. The minimum Gasteiger partial charge on any atom is -0.349 e. The Labute approximate surface area is 155 Å². The van der Waals surface area contributed by atoms with E-state index in [2.05, 4.69) is 15.6 Å². The number of benzene rings is 2. The van der Waals surface area contributed by atoms with E-state index in [1.54, 1.807) is 30.3 Å². The third kappa shape index (κ3) is 3.39. The molecule has 0 spiro atoms. The number of hydrogen-bond donors (Lipinski definition) is 2. The van der Waals surface area contributed by atoms with Crippen molar-refractivity contribution in [2.24, 2.45) is 0 Å². The number of halogens is 1. The average molecular weight is 366 g/mol. The summed E-state index contributed by atoms with van der Waals surface area (Å²) < 4.78 is 0. The molecule has 0 saturated heterocycles. The zero-order valence-electron chi connectivity index (χ0n) is 13.8. The number of carbonyl (C=O) groups excluding carboxylic acids is 2. The summed E-state index contributed by atoms with van der Waals surface area (Å²) >= 11 is 6.06. The lowest BCUT2D eigenvalue weighted by atomic mass is 10.1. The number of carbonyl (C=O) groups is 2. The molecular weight excluding hydrogens is 350 g/mol. The largest absolute Gasteiger partial charge is 0.349 e. The second kappa shape index (κ2) is 6.77. The van der Waals surface area contributed by atoms with Crippen LogP contribution in [0.2, 0.25) is 5.15 Å². The summed E-state index contributed by atoms with van der Waals surface area (Å²) in [5.41, 5.74) is 1.97. The van der Waals surface area contributed by atoms with E-state index >= 15 is 0 Å². The highest BCUT2D eigenvalue weighted by molar-refractivity contribution is 6.30. The number of aromatic nitrogens is 1. The van der Waals surface area contributed by atoms with Crippen molar-refractivity contribution >= 4 is 40.0 Å². The van der Waals surface area contributed by atoms with Crippen LogP contribution in [-0.2, 0) is 0 Å². The molecule has 5 nitrogen and oxygen atoms in total. The lowest BCUT2D eigenvalue weighted by Gasteiger charge is -2.12. The number of anilines is 1. The zero-order chi connectivity index (χ0) is 18.1. The SMILES string of the molecule is O=C(NC1CC1)c1ccccc1NC(=O)c1cc(Cl)nc2ccccc12. The summed E-state index contributed by atoms with van der Waals surface area (Å²) in [5, 5.41) is 6.72. The van der Waals surface area contributed by atoms with Crippen LogP contribution < -0.4 is 10.6 Å². The van der Waals surface area contributed by atoms with Crippen molar-refractivity contribution in [1.29, 1.82) is 0 Å². The van der Waals surface area contributed by atoms with Gasteiger partial charge < -0.3 is 10.6 Å². The molecule has 0 atom stereocenters. The minimum absolute atomic E-state index is 0.180. The summed E-state index contributed by atoms with van der Waals surface area (Å²) in [6, 6.07) is 16.0. The Morgan fingerprint density at radius 2 is 1.69 bits per heavy atom. The van der Waals surface area contributed by atoms with E-state index in [4.69, 9.17) is 11.6 Å². The number of hydrogen-bond acceptors (Lipinski definition) is 3. The van der Waals surface area contributed by atoms with Gasteiger partial charge in [-0.25, -0.2) is 4.98 Å². The van der Waals surface area contributed by atoms with E-state index in [0.29, 0.717) is 27.7 Å². The smallest absolute Gasteiger partial charge is 0.256 e. The molecule has 1 saturated carbocycles. The van der Waals surface area contributed by atoms with Gasteiger partial charge in [-0.1, -0.05) is 41.9 Å². The first-order valence-electron chi connectivity index (χ1n) is 8.38. The third-order valence-corrected chi connectivity index (χ3v) is 4.46. The van der Waals surface area contributed by atoms with Crippen LogP contribution >= 0.6 is 11.6 Å². The van der Waals surface area contributed by atoms with Crippen molar-refractivity contribution < 1.29 is 9.59 Å². The Morgan fingerprint density at radius 3 is 2.50 bits per heavy atom. The molecule has 1 aliphatic rings. The summed E-state index contributed by atoms with van der Waals surface area (Å²) in [7, 11) is 0. The summed E-state index contributed by atoms with van der Waals surface area (Å²) in [6.07, 6.45) is 2.00. The van der Waals surface area contributed by atoms with Gasteiger partial charge in [0, 0.05) is 11.4 Å². The van der Waals surface area contributed by atoms with E-state index in [1.807, 2.05) is 18.2 Å². The molecule has 1 fully saturated rings. The summed E-state index contributed by atoms with van der Waals surface area (Å²) in [6.45, 7) is 0. The van der Waals surface area contributed by atoms with E-state index in [1.165, 1.54) is 6.07 Å². The molecule has 1 aromatic heterocycles. The zero-order valence-corrected chi connectivity index (χ0v) is 14.6. The molecule has 0 bridgehead atoms. The van der Waals surface area contributed by atoms with Gasteiger partial charge in [0.15, 0.2) is 0 Å². The van der Waals surface area contributed by atoms with E-state index in [0.717, 1.165) is 12.8 Å². The molecule has 6 heteroatoms. The molecule has 1 heterocycles. The second-order valence-corrected chi connectivity index (χ2v) is 6.64. The second-order valence-electron chi connectivity index (χ2n) is 6.26. The first kappa shape index (κ1) is 16.5. The predicted octanol–water partition coefficient (Wildman–Crippen LogP) is 4.03. The van der Waals surface area contributed by atoms with E-state index in [-0.39, 0.29) is 23.0 Å². The lowest BCUT2D eigenvalue weighted by Crippen LogP contribution is -2.27. The molecule has 0 aliphatic heterocycles. The third-order valence-electron chi connectivity index (χ3n) is 4.26. The lowest BCUT2D eigenvalue weighted by molar-refractivity contribution is 0.0952.